The minimum absolute atomic E-state index is 0.144. The van der Waals surface area contributed by atoms with Crippen LogP contribution >= 0.6 is 11.6 Å². The first kappa shape index (κ1) is 25.8. The lowest BCUT2D eigenvalue weighted by atomic mass is 9.95. The molecule has 1 aliphatic heterocycles. The first-order valence-corrected chi connectivity index (χ1v) is 13.8. The summed E-state index contributed by atoms with van der Waals surface area (Å²) in [7, 11) is -4.12. The average Bonchev–Trinajstić information content (AvgIpc) is 2.87. The van der Waals surface area contributed by atoms with Crippen LogP contribution in [0.25, 0.3) is 5.57 Å². The SMILES string of the molecule is CCCc1ccc(OCCNC(=O)C2=C(c3ccccc3)c3cc(Cl)ccc3N(CC)S2(=O)=O)cc1. The van der Waals surface area contributed by atoms with Crippen LogP contribution in [0.15, 0.2) is 77.7 Å². The zero-order valence-electron chi connectivity index (χ0n) is 20.3. The number of nitrogens with zero attached hydrogens (tertiary/aromatic N) is 1. The van der Waals surface area contributed by atoms with Gasteiger partial charge in [-0.3, -0.25) is 9.10 Å². The molecule has 3 aromatic rings. The number of nitrogens with one attached hydrogen (secondary N) is 1. The Kier molecular flexibility index (Phi) is 8.01. The van der Waals surface area contributed by atoms with Crippen LogP contribution in [-0.2, 0) is 21.2 Å². The zero-order valence-corrected chi connectivity index (χ0v) is 21.9. The normalized spacial score (nSPS) is 14.4. The van der Waals surface area contributed by atoms with E-state index >= 15 is 0 Å². The van der Waals surface area contributed by atoms with E-state index in [2.05, 4.69) is 12.2 Å². The van der Waals surface area contributed by atoms with E-state index in [4.69, 9.17) is 16.3 Å². The van der Waals surface area contributed by atoms with Crippen LogP contribution in [0.4, 0.5) is 5.69 Å². The van der Waals surface area contributed by atoms with E-state index in [0.717, 1.165) is 12.8 Å². The van der Waals surface area contributed by atoms with Crippen molar-refractivity contribution in [3.63, 3.8) is 0 Å². The van der Waals surface area contributed by atoms with Crippen molar-refractivity contribution in [3.8, 4) is 5.75 Å². The van der Waals surface area contributed by atoms with Gasteiger partial charge in [0, 0.05) is 22.7 Å². The summed E-state index contributed by atoms with van der Waals surface area (Å²) in [6.45, 7) is 4.38. The van der Waals surface area contributed by atoms with Gasteiger partial charge in [0.05, 0.1) is 12.2 Å². The maximum Gasteiger partial charge on any atom is 0.270 e. The van der Waals surface area contributed by atoms with Crippen LogP contribution in [0.5, 0.6) is 5.75 Å². The van der Waals surface area contributed by atoms with Crippen molar-refractivity contribution in [3.05, 3.63) is 99.4 Å². The molecule has 0 saturated heterocycles. The number of rotatable bonds is 9. The monoisotopic (exact) mass is 524 g/mol. The maximum atomic E-state index is 13.7. The van der Waals surface area contributed by atoms with E-state index in [9.17, 15) is 13.2 Å². The van der Waals surface area contributed by atoms with Crippen molar-refractivity contribution in [2.75, 3.05) is 24.0 Å². The second kappa shape index (κ2) is 11.2. The third-order valence-corrected chi connectivity index (χ3v) is 8.12. The van der Waals surface area contributed by atoms with Crippen molar-refractivity contribution >= 4 is 38.8 Å². The number of halogens is 1. The average molecular weight is 525 g/mol. The molecule has 0 radical (unpaired) electrons. The number of hydrogen-bond donors (Lipinski definition) is 1. The molecule has 0 unspecified atom stereocenters. The van der Waals surface area contributed by atoms with Crippen LogP contribution in [0.3, 0.4) is 0 Å². The second-order valence-electron chi connectivity index (χ2n) is 8.40. The Morgan fingerprint density at radius 3 is 2.39 bits per heavy atom. The molecule has 1 amide bonds. The quantitative estimate of drug-likeness (QED) is 0.379. The summed E-state index contributed by atoms with van der Waals surface area (Å²) < 4.78 is 34.4. The molecule has 36 heavy (non-hydrogen) atoms. The number of hydrogen-bond acceptors (Lipinski definition) is 4. The molecule has 1 aliphatic rings. The van der Waals surface area contributed by atoms with Crippen molar-refractivity contribution in [1.82, 2.24) is 5.32 Å². The van der Waals surface area contributed by atoms with Gasteiger partial charge in [-0.05, 0) is 54.8 Å². The molecule has 188 valence electrons. The molecule has 0 aliphatic carbocycles. The second-order valence-corrected chi connectivity index (χ2v) is 10.6. The number of aryl methyl sites for hydroxylation is 1. The summed E-state index contributed by atoms with van der Waals surface area (Å²) in [5.41, 5.74) is 3.28. The number of carbonyl (C=O) groups is 1. The van der Waals surface area contributed by atoms with Gasteiger partial charge in [0.1, 0.15) is 12.4 Å². The predicted octanol–water partition coefficient (Wildman–Crippen LogP) is 5.42. The molecule has 0 saturated carbocycles. The van der Waals surface area contributed by atoms with Gasteiger partial charge in [0.25, 0.3) is 15.9 Å². The molecular formula is C28H29ClN2O4S. The molecular weight excluding hydrogens is 496 g/mol. The van der Waals surface area contributed by atoms with Crippen molar-refractivity contribution in [1.29, 1.82) is 0 Å². The van der Waals surface area contributed by atoms with Crippen LogP contribution in [0.1, 0.15) is 37.0 Å². The molecule has 0 spiro atoms. The Balaban J connectivity index is 1.63. The van der Waals surface area contributed by atoms with E-state index in [1.165, 1.54) is 9.87 Å². The van der Waals surface area contributed by atoms with Crippen LogP contribution in [0.2, 0.25) is 5.02 Å². The van der Waals surface area contributed by atoms with Gasteiger partial charge in [-0.2, -0.15) is 0 Å². The van der Waals surface area contributed by atoms with E-state index in [0.29, 0.717) is 33.2 Å². The minimum atomic E-state index is -4.12. The van der Waals surface area contributed by atoms with Gasteiger partial charge in [-0.25, -0.2) is 8.42 Å². The summed E-state index contributed by atoms with van der Waals surface area (Å²) in [6.07, 6.45) is 2.08. The Labute approximate surface area is 217 Å². The zero-order chi connectivity index (χ0) is 25.7. The highest BCUT2D eigenvalue weighted by molar-refractivity contribution is 7.97. The fraction of sp³-hybridized carbons (Fsp3) is 0.250. The summed E-state index contributed by atoms with van der Waals surface area (Å²) in [5, 5.41) is 3.19. The highest BCUT2D eigenvalue weighted by Crippen LogP contribution is 2.43. The molecule has 3 aromatic carbocycles. The first-order chi connectivity index (χ1) is 17.4. The molecule has 6 nitrogen and oxygen atoms in total. The Hall–Kier alpha value is -3.29. The largest absolute Gasteiger partial charge is 0.492 e. The number of ether oxygens (including phenoxy) is 1. The molecule has 4 rings (SSSR count). The Morgan fingerprint density at radius 1 is 1.00 bits per heavy atom. The molecule has 1 N–H and O–H groups in total. The summed E-state index contributed by atoms with van der Waals surface area (Å²) in [4.78, 5) is 13.1. The lowest BCUT2D eigenvalue weighted by Crippen LogP contribution is -2.42. The predicted molar refractivity (Wildman–Crippen MR) is 145 cm³/mol. The summed E-state index contributed by atoms with van der Waals surface area (Å²) in [6, 6.07) is 21.9. The smallest absolute Gasteiger partial charge is 0.270 e. The van der Waals surface area contributed by atoms with Crippen LogP contribution < -0.4 is 14.4 Å². The lowest BCUT2D eigenvalue weighted by Gasteiger charge is -2.33. The van der Waals surface area contributed by atoms with Gasteiger partial charge in [-0.15, -0.1) is 0 Å². The number of carbonyl (C=O) groups excluding carboxylic acids is 1. The van der Waals surface area contributed by atoms with Gasteiger partial charge >= 0.3 is 0 Å². The van der Waals surface area contributed by atoms with Gasteiger partial charge in [0.15, 0.2) is 4.91 Å². The number of amides is 1. The van der Waals surface area contributed by atoms with Crippen molar-refractivity contribution in [2.45, 2.75) is 26.7 Å². The van der Waals surface area contributed by atoms with E-state index < -0.39 is 15.9 Å². The summed E-state index contributed by atoms with van der Waals surface area (Å²) >= 11 is 6.30. The third-order valence-electron chi connectivity index (χ3n) is 5.95. The molecule has 8 heteroatoms. The molecule has 0 atom stereocenters. The fourth-order valence-corrected chi connectivity index (χ4v) is 6.28. The lowest BCUT2D eigenvalue weighted by molar-refractivity contribution is -0.116. The number of sulfonamides is 1. The number of fused-ring (bicyclic) bond motifs is 1. The number of benzene rings is 3. The number of anilines is 1. The van der Waals surface area contributed by atoms with Gasteiger partial charge < -0.3 is 10.1 Å². The Morgan fingerprint density at radius 2 is 1.72 bits per heavy atom. The maximum absolute atomic E-state index is 13.7. The van der Waals surface area contributed by atoms with E-state index in [1.54, 1.807) is 49.4 Å². The van der Waals surface area contributed by atoms with E-state index in [1.807, 2.05) is 30.3 Å². The first-order valence-electron chi connectivity index (χ1n) is 12.0. The topological polar surface area (TPSA) is 75.7 Å². The van der Waals surface area contributed by atoms with E-state index in [-0.39, 0.29) is 24.6 Å². The third kappa shape index (κ3) is 5.27. The molecule has 1 heterocycles. The Bertz CT molecular complexity index is 1370. The van der Waals surface area contributed by atoms with Gasteiger partial charge in [-0.1, -0.05) is 67.4 Å². The van der Waals surface area contributed by atoms with Crippen LogP contribution in [0, 0.1) is 0 Å². The molecule has 0 fully saturated rings. The molecule has 0 bridgehead atoms. The highest BCUT2D eigenvalue weighted by Gasteiger charge is 2.40. The highest BCUT2D eigenvalue weighted by atomic mass is 35.5. The van der Waals surface area contributed by atoms with Crippen molar-refractivity contribution < 1.29 is 17.9 Å². The minimum Gasteiger partial charge on any atom is -0.492 e. The van der Waals surface area contributed by atoms with Gasteiger partial charge in [0.2, 0.25) is 0 Å². The van der Waals surface area contributed by atoms with Crippen LogP contribution in [-0.4, -0.2) is 34.0 Å². The molecule has 0 aromatic heterocycles. The van der Waals surface area contributed by atoms with Crippen molar-refractivity contribution in [2.24, 2.45) is 0 Å². The standard InChI is InChI=1S/C28H29ClN2O4S/c1-3-8-20-11-14-23(15-12-20)35-18-17-30-28(32)27-26(21-9-6-5-7-10-21)24-19-22(29)13-16-25(24)31(4-2)36(27,33)34/h5-7,9-16,19H,3-4,8,17-18H2,1-2H3,(H,30,32). The summed E-state index contributed by atoms with van der Waals surface area (Å²) in [5.74, 6) is 0.0131. The fourth-order valence-electron chi connectivity index (χ4n) is 4.33.